The molecule has 0 N–H and O–H groups in total. The Morgan fingerprint density at radius 3 is 2.57 bits per heavy atom. The van der Waals surface area contributed by atoms with E-state index in [2.05, 4.69) is 9.84 Å². The van der Waals surface area contributed by atoms with E-state index in [9.17, 15) is 9.59 Å². The van der Waals surface area contributed by atoms with Gasteiger partial charge in [0.1, 0.15) is 0 Å². The van der Waals surface area contributed by atoms with Crippen LogP contribution in [0, 0.1) is 0 Å². The fraction of sp³-hybridized carbons (Fsp3) is 0.167. The molecule has 0 radical (unpaired) electrons. The third-order valence-electron chi connectivity index (χ3n) is 3.78. The van der Waals surface area contributed by atoms with Crippen LogP contribution in [0.4, 0.5) is 0 Å². The van der Waals surface area contributed by atoms with E-state index in [-0.39, 0.29) is 5.56 Å². The number of aromatic nitrogens is 2. The monoisotopic (exact) mass is 308 g/mol. The second kappa shape index (κ2) is 6.04. The quantitative estimate of drug-likeness (QED) is 0.698. The Morgan fingerprint density at radius 1 is 1.09 bits per heavy atom. The van der Waals surface area contributed by atoms with Gasteiger partial charge in [-0.25, -0.2) is 9.48 Å². The van der Waals surface area contributed by atoms with Crippen LogP contribution in [-0.4, -0.2) is 22.9 Å². The van der Waals surface area contributed by atoms with Gasteiger partial charge in [0.05, 0.1) is 12.8 Å². The van der Waals surface area contributed by atoms with E-state index in [1.807, 2.05) is 42.5 Å². The maximum absolute atomic E-state index is 12.0. The summed E-state index contributed by atoms with van der Waals surface area (Å²) < 4.78 is 5.84. The van der Waals surface area contributed by atoms with Crippen LogP contribution < -0.4 is 5.56 Å². The first-order valence-electron chi connectivity index (χ1n) is 7.27. The second-order valence-electron chi connectivity index (χ2n) is 5.26. The molecule has 116 valence electrons. The maximum atomic E-state index is 12.0. The number of hydrogen-bond donors (Lipinski definition) is 0. The number of benzene rings is 2. The summed E-state index contributed by atoms with van der Waals surface area (Å²) in [5.74, 6) is -0.504. The molecule has 0 aliphatic rings. The SMILES string of the molecule is COC(=O)[C@H](C)n1nc(-c2ccc3ccccc3c2)ccc1=O. The van der Waals surface area contributed by atoms with E-state index in [1.54, 1.807) is 13.0 Å². The van der Waals surface area contributed by atoms with Crippen LogP contribution in [0.2, 0.25) is 0 Å². The molecule has 1 heterocycles. The Kier molecular flexibility index (Phi) is 3.93. The summed E-state index contributed by atoms with van der Waals surface area (Å²) in [6.45, 7) is 1.59. The zero-order valence-corrected chi connectivity index (χ0v) is 12.9. The van der Waals surface area contributed by atoms with Crippen molar-refractivity contribution in [2.24, 2.45) is 0 Å². The lowest BCUT2D eigenvalue weighted by molar-refractivity contribution is -0.144. The first-order chi connectivity index (χ1) is 11.1. The van der Waals surface area contributed by atoms with Crippen LogP contribution in [-0.2, 0) is 9.53 Å². The molecule has 0 saturated heterocycles. The van der Waals surface area contributed by atoms with Crippen molar-refractivity contribution in [3.8, 4) is 11.3 Å². The lowest BCUT2D eigenvalue weighted by Gasteiger charge is -2.12. The summed E-state index contributed by atoms with van der Waals surface area (Å²) in [6.07, 6.45) is 0. The van der Waals surface area contributed by atoms with Crippen molar-refractivity contribution in [3.05, 3.63) is 65.0 Å². The standard InChI is InChI=1S/C18H16N2O3/c1-12(18(22)23-2)20-17(21)10-9-16(19-20)15-8-7-13-5-3-4-6-14(13)11-15/h3-12H,1-2H3/t12-/m0/s1. The van der Waals surface area contributed by atoms with Crippen molar-refractivity contribution in [3.63, 3.8) is 0 Å². The molecule has 0 spiro atoms. The average Bonchev–Trinajstić information content (AvgIpc) is 2.60. The number of ether oxygens (including phenoxy) is 1. The molecule has 0 amide bonds. The predicted octanol–water partition coefficient (Wildman–Crippen LogP) is 2.80. The van der Waals surface area contributed by atoms with Crippen LogP contribution in [0.25, 0.3) is 22.0 Å². The van der Waals surface area contributed by atoms with Gasteiger partial charge in [-0.05, 0) is 29.8 Å². The molecule has 1 atom stereocenters. The highest BCUT2D eigenvalue weighted by Crippen LogP contribution is 2.22. The summed E-state index contributed by atoms with van der Waals surface area (Å²) in [5, 5.41) is 6.54. The van der Waals surface area contributed by atoms with Gasteiger partial charge in [0.25, 0.3) is 5.56 Å². The number of hydrogen-bond acceptors (Lipinski definition) is 4. The number of nitrogens with zero attached hydrogens (tertiary/aromatic N) is 2. The molecule has 0 bridgehead atoms. The van der Waals surface area contributed by atoms with Crippen molar-refractivity contribution in [2.45, 2.75) is 13.0 Å². The first-order valence-corrected chi connectivity index (χ1v) is 7.27. The Hall–Kier alpha value is -2.95. The minimum absolute atomic E-state index is 0.340. The van der Waals surface area contributed by atoms with Gasteiger partial charge in [0, 0.05) is 11.6 Å². The van der Waals surface area contributed by atoms with Crippen LogP contribution in [0.5, 0.6) is 0 Å². The van der Waals surface area contributed by atoms with Gasteiger partial charge in [-0.2, -0.15) is 5.10 Å². The van der Waals surface area contributed by atoms with Crippen LogP contribution in [0.1, 0.15) is 13.0 Å². The minimum Gasteiger partial charge on any atom is -0.467 e. The highest BCUT2D eigenvalue weighted by atomic mass is 16.5. The summed E-state index contributed by atoms with van der Waals surface area (Å²) >= 11 is 0. The molecule has 5 heteroatoms. The van der Waals surface area contributed by atoms with Gasteiger partial charge in [0.15, 0.2) is 6.04 Å². The Labute approximate surface area is 133 Å². The van der Waals surface area contributed by atoms with E-state index in [0.29, 0.717) is 5.69 Å². The first kappa shape index (κ1) is 15.0. The molecular weight excluding hydrogens is 292 g/mol. The van der Waals surface area contributed by atoms with Gasteiger partial charge < -0.3 is 4.74 Å². The molecule has 1 aromatic heterocycles. The van der Waals surface area contributed by atoms with Gasteiger partial charge in [-0.15, -0.1) is 0 Å². The zero-order chi connectivity index (χ0) is 16.4. The number of carbonyl (C=O) groups is 1. The van der Waals surface area contributed by atoms with E-state index >= 15 is 0 Å². The van der Waals surface area contributed by atoms with Crippen LogP contribution in [0.3, 0.4) is 0 Å². The van der Waals surface area contributed by atoms with E-state index in [0.717, 1.165) is 21.0 Å². The van der Waals surface area contributed by atoms with E-state index < -0.39 is 12.0 Å². The molecule has 2 aromatic carbocycles. The lowest BCUT2D eigenvalue weighted by Crippen LogP contribution is -2.30. The lowest BCUT2D eigenvalue weighted by atomic mass is 10.1. The van der Waals surface area contributed by atoms with Crippen molar-refractivity contribution in [2.75, 3.05) is 7.11 Å². The molecule has 5 nitrogen and oxygen atoms in total. The average molecular weight is 308 g/mol. The number of rotatable bonds is 3. The second-order valence-corrected chi connectivity index (χ2v) is 5.26. The fourth-order valence-electron chi connectivity index (χ4n) is 2.48. The zero-order valence-electron chi connectivity index (χ0n) is 12.9. The van der Waals surface area contributed by atoms with Gasteiger partial charge in [0.2, 0.25) is 0 Å². The topological polar surface area (TPSA) is 61.2 Å². The molecule has 23 heavy (non-hydrogen) atoms. The van der Waals surface area contributed by atoms with Crippen molar-refractivity contribution < 1.29 is 9.53 Å². The van der Waals surface area contributed by atoms with E-state index in [4.69, 9.17) is 0 Å². The highest BCUT2D eigenvalue weighted by Gasteiger charge is 2.18. The fourth-order valence-corrected chi connectivity index (χ4v) is 2.48. The number of methoxy groups -OCH3 is 1. The van der Waals surface area contributed by atoms with Crippen molar-refractivity contribution in [1.29, 1.82) is 0 Å². The normalized spacial score (nSPS) is 12.1. The van der Waals surface area contributed by atoms with Crippen LogP contribution >= 0.6 is 0 Å². The molecule has 0 saturated carbocycles. The number of fused-ring (bicyclic) bond motifs is 1. The van der Waals surface area contributed by atoms with Crippen LogP contribution in [0.15, 0.2) is 59.4 Å². The summed E-state index contributed by atoms with van der Waals surface area (Å²) in [4.78, 5) is 23.6. The molecular formula is C18H16N2O3. The summed E-state index contributed by atoms with van der Waals surface area (Å²) in [7, 11) is 1.29. The number of esters is 1. The largest absolute Gasteiger partial charge is 0.467 e. The van der Waals surface area contributed by atoms with E-state index in [1.165, 1.54) is 13.2 Å². The van der Waals surface area contributed by atoms with Crippen molar-refractivity contribution >= 4 is 16.7 Å². The van der Waals surface area contributed by atoms with Gasteiger partial charge >= 0.3 is 5.97 Å². The highest BCUT2D eigenvalue weighted by molar-refractivity contribution is 5.86. The summed E-state index contributed by atoms with van der Waals surface area (Å²) in [5.41, 5.74) is 1.17. The molecule has 0 unspecified atom stereocenters. The third kappa shape index (κ3) is 2.85. The Balaban J connectivity index is 2.08. The Morgan fingerprint density at radius 2 is 1.83 bits per heavy atom. The minimum atomic E-state index is -0.770. The molecule has 3 rings (SSSR count). The molecule has 3 aromatic rings. The van der Waals surface area contributed by atoms with Crippen molar-refractivity contribution in [1.82, 2.24) is 9.78 Å². The molecule has 0 aliphatic carbocycles. The molecule has 0 aliphatic heterocycles. The maximum Gasteiger partial charge on any atom is 0.330 e. The van der Waals surface area contributed by atoms with Gasteiger partial charge in [-0.1, -0.05) is 36.4 Å². The third-order valence-corrected chi connectivity index (χ3v) is 3.78. The summed E-state index contributed by atoms with van der Waals surface area (Å²) in [6, 6.07) is 16.3. The smallest absolute Gasteiger partial charge is 0.330 e. The molecule has 0 fully saturated rings. The van der Waals surface area contributed by atoms with Gasteiger partial charge in [-0.3, -0.25) is 4.79 Å². The Bertz CT molecular complexity index is 931. The number of carbonyl (C=O) groups excluding carboxylic acids is 1. The predicted molar refractivity (Wildman–Crippen MR) is 88.2 cm³/mol.